The van der Waals surface area contributed by atoms with Crippen LogP contribution >= 0.6 is 0 Å². The number of hydrogen-bond acceptors (Lipinski definition) is 4. The maximum atomic E-state index is 10.2. The van der Waals surface area contributed by atoms with E-state index in [9.17, 15) is 5.11 Å². The van der Waals surface area contributed by atoms with Gasteiger partial charge >= 0.3 is 0 Å². The largest absolute Gasteiger partial charge is 0.493 e. The summed E-state index contributed by atoms with van der Waals surface area (Å²) < 4.78 is 10.5. The summed E-state index contributed by atoms with van der Waals surface area (Å²) in [7, 11) is 3.28. The van der Waals surface area contributed by atoms with Crippen molar-refractivity contribution in [1.29, 1.82) is 0 Å². The first kappa shape index (κ1) is 14.2. The van der Waals surface area contributed by atoms with Crippen molar-refractivity contribution in [2.75, 3.05) is 27.3 Å². The predicted molar refractivity (Wildman–Crippen MR) is 74.6 cm³/mol. The average Bonchev–Trinajstić information content (AvgIpc) is 2.36. The molecule has 0 bridgehead atoms. The van der Waals surface area contributed by atoms with Crippen LogP contribution in [-0.4, -0.2) is 42.9 Å². The number of rotatable bonds is 5. The number of nitrogens with zero attached hydrogens (tertiary/aromatic N) is 1. The van der Waals surface area contributed by atoms with Crippen molar-refractivity contribution in [3.05, 3.63) is 23.8 Å². The van der Waals surface area contributed by atoms with Crippen LogP contribution in [0.15, 0.2) is 18.2 Å². The lowest BCUT2D eigenvalue weighted by Gasteiger charge is -2.49. The fourth-order valence-electron chi connectivity index (χ4n) is 2.44. The monoisotopic (exact) mass is 265 g/mol. The lowest BCUT2D eigenvalue weighted by Crippen LogP contribution is -2.63. The van der Waals surface area contributed by atoms with Gasteiger partial charge in [0.05, 0.1) is 19.8 Å². The Kier molecular flexibility index (Phi) is 4.02. The Morgan fingerprint density at radius 1 is 1.21 bits per heavy atom. The maximum absolute atomic E-state index is 10.2. The van der Waals surface area contributed by atoms with E-state index < -0.39 is 5.60 Å². The second kappa shape index (κ2) is 5.39. The van der Waals surface area contributed by atoms with Gasteiger partial charge in [-0.05, 0) is 23.6 Å². The average molecular weight is 265 g/mol. The Morgan fingerprint density at radius 2 is 1.84 bits per heavy atom. The van der Waals surface area contributed by atoms with Crippen molar-refractivity contribution < 1.29 is 14.6 Å². The van der Waals surface area contributed by atoms with Crippen LogP contribution in [0.1, 0.15) is 19.4 Å². The van der Waals surface area contributed by atoms with E-state index in [-0.39, 0.29) is 0 Å². The zero-order valence-electron chi connectivity index (χ0n) is 12.1. The van der Waals surface area contributed by atoms with Gasteiger partial charge in [0.1, 0.15) is 0 Å². The summed E-state index contributed by atoms with van der Waals surface area (Å²) in [4.78, 5) is 2.24. The molecule has 1 fully saturated rings. The third-order valence-corrected chi connectivity index (χ3v) is 3.92. The van der Waals surface area contributed by atoms with Crippen molar-refractivity contribution >= 4 is 0 Å². The Labute approximate surface area is 114 Å². The molecule has 4 nitrogen and oxygen atoms in total. The summed E-state index contributed by atoms with van der Waals surface area (Å²) in [6.45, 7) is 6.43. The van der Waals surface area contributed by atoms with Gasteiger partial charge in [-0.3, -0.25) is 4.90 Å². The molecule has 1 N–H and O–H groups in total. The van der Waals surface area contributed by atoms with E-state index in [0.29, 0.717) is 5.92 Å². The molecule has 1 aromatic carbocycles. The number of ether oxygens (including phenoxy) is 2. The fourth-order valence-corrected chi connectivity index (χ4v) is 2.44. The molecule has 1 saturated heterocycles. The molecule has 0 spiro atoms. The molecule has 106 valence electrons. The van der Waals surface area contributed by atoms with Gasteiger partial charge in [-0.25, -0.2) is 0 Å². The van der Waals surface area contributed by atoms with Crippen molar-refractivity contribution in [3.63, 3.8) is 0 Å². The summed E-state index contributed by atoms with van der Waals surface area (Å²) in [5, 5.41) is 10.2. The molecule has 19 heavy (non-hydrogen) atoms. The normalized spacial score (nSPS) is 18.2. The highest BCUT2D eigenvalue weighted by molar-refractivity contribution is 5.42. The highest BCUT2D eigenvalue weighted by Gasteiger charge is 2.43. The van der Waals surface area contributed by atoms with E-state index >= 15 is 0 Å². The molecule has 4 heteroatoms. The number of hydrogen-bond donors (Lipinski definition) is 1. The molecular formula is C15H23NO3. The van der Waals surface area contributed by atoms with Gasteiger partial charge in [0, 0.05) is 19.6 Å². The molecule has 1 aliphatic rings. The Balaban J connectivity index is 1.98. The zero-order chi connectivity index (χ0) is 14.0. The number of likely N-dealkylation sites (tertiary alicyclic amines) is 1. The van der Waals surface area contributed by atoms with Crippen LogP contribution in [0.5, 0.6) is 11.5 Å². The second-order valence-electron chi connectivity index (χ2n) is 5.59. The van der Waals surface area contributed by atoms with Crippen LogP contribution in [0.2, 0.25) is 0 Å². The molecule has 0 saturated carbocycles. The topological polar surface area (TPSA) is 41.9 Å². The molecule has 2 rings (SSSR count). The van der Waals surface area contributed by atoms with E-state index in [1.54, 1.807) is 14.2 Å². The minimum absolute atomic E-state index is 0.300. The minimum atomic E-state index is -0.517. The first-order valence-electron chi connectivity index (χ1n) is 6.64. The van der Waals surface area contributed by atoms with Crippen LogP contribution in [-0.2, 0) is 6.54 Å². The number of aliphatic hydroxyl groups is 1. The third-order valence-electron chi connectivity index (χ3n) is 3.92. The summed E-state index contributed by atoms with van der Waals surface area (Å²) in [5.41, 5.74) is 0.653. The van der Waals surface area contributed by atoms with Crippen LogP contribution in [0.4, 0.5) is 0 Å². The molecule has 1 aromatic rings. The van der Waals surface area contributed by atoms with E-state index in [0.717, 1.165) is 31.1 Å². The third kappa shape index (κ3) is 2.85. The summed E-state index contributed by atoms with van der Waals surface area (Å²) in [6, 6.07) is 5.95. The van der Waals surface area contributed by atoms with Gasteiger partial charge in [-0.2, -0.15) is 0 Å². The Bertz CT molecular complexity index is 439. The summed E-state index contributed by atoms with van der Waals surface area (Å²) >= 11 is 0. The minimum Gasteiger partial charge on any atom is -0.493 e. The van der Waals surface area contributed by atoms with Crippen molar-refractivity contribution in [2.24, 2.45) is 5.92 Å². The summed E-state index contributed by atoms with van der Waals surface area (Å²) in [5.74, 6) is 1.79. The van der Waals surface area contributed by atoms with Crippen LogP contribution in [0.25, 0.3) is 0 Å². The van der Waals surface area contributed by atoms with Crippen molar-refractivity contribution in [3.8, 4) is 11.5 Å². The number of methoxy groups -OCH3 is 2. The quantitative estimate of drug-likeness (QED) is 0.883. The van der Waals surface area contributed by atoms with Crippen LogP contribution in [0.3, 0.4) is 0 Å². The van der Waals surface area contributed by atoms with E-state index in [4.69, 9.17) is 9.47 Å². The van der Waals surface area contributed by atoms with Gasteiger partial charge in [-0.15, -0.1) is 0 Å². The summed E-state index contributed by atoms with van der Waals surface area (Å²) in [6.07, 6.45) is 0. The van der Waals surface area contributed by atoms with Gasteiger partial charge < -0.3 is 14.6 Å². The van der Waals surface area contributed by atoms with E-state index in [2.05, 4.69) is 18.7 Å². The van der Waals surface area contributed by atoms with E-state index in [1.165, 1.54) is 5.56 Å². The fraction of sp³-hybridized carbons (Fsp3) is 0.600. The first-order valence-corrected chi connectivity index (χ1v) is 6.64. The number of β-amino-alcohol motifs (C(OH)–C–C–N with tert-alkyl or cyclic N) is 1. The molecular weight excluding hydrogens is 242 g/mol. The molecule has 0 unspecified atom stereocenters. The Morgan fingerprint density at radius 3 is 2.37 bits per heavy atom. The molecule has 0 amide bonds. The highest BCUT2D eigenvalue weighted by Crippen LogP contribution is 2.32. The Hall–Kier alpha value is -1.26. The highest BCUT2D eigenvalue weighted by atomic mass is 16.5. The smallest absolute Gasteiger partial charge is 0.161 e. The number of benzene rings is 1. The SMILES string of the molecule is COc1ccc(CN2CC(O)(C(C)C)C2)cc1OC. The van der Waals surface area contributed by atoms with Gasteiger partial charge in [0.15, 0.2) is 11.5 Å². The lowest BCUT2D eigenvalue weighted by atomic mass is 9.83. The van der Waals surface area contributed by atoms with Crippen molar-refractivity contribution in [2.45, 2.75) is 26.0 Å². The molecule has 0 atom stereocenters. The molecule has 0 aliphatic carbocycles. The molecule has 1 aliphatic heterocycles. The van der Waals surface area contributed by atoms with E-state index in [1.807, 2.05) is 18.2 Å². The second-order valence-corrected chi connectivity index (χ2v) is 5.59. The van der Waals surface area contributed by atoms with Gasteiger partial charge in [0.25, 0.3) is 0 Å². The molecule has 0 radical (unpaired) electrons. The molecule has 0 aromatic heterocycles. The molecule has 1 heterocycles. The van der Waals surface area contributed by atoms with Crippen LogP contribution in [0, 0.1) is 5.92 Å². The van der Waals surface area contributed by atoms with Crippen molar-refractivity contribution in [1.82, 2.24) is 4.90 Å². The van der Waals surface area contributed by atoms with Gasteiger partial charge in [0.2, 0.25) is 0 Å². The maximum Gasteiger partial charge on any atom is 0.161 e. The standard InChI is InChI=1S/C15H23NO3/c1-11(2)15(17)9-16(10-15)8-12-5-6-13(18-3)14(7-12)19-4/h5-7,11,17H,8-10H2,1-4H3. The predicted octanol–water partition coefficient (Wildman–Crippen LogP) is 1.91. The lowest BCUT2D eigenvalue weighted by molar-refractivity contribution is -0.130. The zero-order valence-corrected chi connectivity index (χ0v) is 12.1. The van der Waals surface area contributed by atoms with Crippen LogP contribution < -0.4 is 9.47 Å². The van der Waals surface area contributed by atoms with Gasteiger partial charge in [-0.1, -0.05) is 19.9 Å². The first-order chi connectivity index (χ1) is 8.98.